The predicted molar refractivity (Wildman–Crippen MR) is 107 cm³/mol. The number of hydrogen-bond acceptors (Lipinski definition) is 7. The Morgan fingerprint density at radius 3 is 2.75 bits per heavy atom. The van der Waals surface area contributed by atoms with Crippen LogP contribution in [0.5, 0.6) is 5.75 Å². The van der Waals surface area contributed by atoms with Crippen LogP contribution in [0.3, 0.4) is 0 Å². The van der Waals surface area contributed by atoms with Gasteiger partial charge in [0.05, 0.1) is 17.5 Å². The number of thiophene rings is 1. The Balaban J connectivity index is 1.68. The number of ether oxygens (including phenoxy) is 2. The van der Waals surface area contributed by atoms with Crippen molar-refractivity contribution < 1.29 is 19.1 Å². The fourth-order valence-corrected chi connectivity index (χ4v) is 3.96. The maximum Gasteiger partial charge on any atom is 0.349 e. The minimum absolute atomic E-state index is 0.235. The van der Waals surface area contributed by atoms with Crippen LogP contribution < -0.4 is 15.6 Å². The highest BCUT2D eigenvalue weighted by atomic mass is 35.5. The van der Waals surface area contributed by atoms with Gasteiger partial charge < -0.3 is 19.8 Å². The van der Waals surface area contributed by atoms with Gasteiger partial charge in [-0.3, -0.25) is 9.59 Å². The molecule has 0 bridgehead atoms. The number of hydrogen-bond donors (Lipinski definition) is 2. The van der Waals surface area contributed by atoms with E-state index in [0.29, 0.717) is 38.1 Å². The predicted octanol–water partition coefficient (Wildman–Crippen LogP) is 3.06. The molecule has 0 aliphatic heterocycles. The zero-order valence-electron chi connectivity index (χ0n) is 15.2. The average molecular weight is 422 g/mol. The number of rotatable bonds is 5. The van der Waals surface area contributed by atoms with Crippen LogP contribution in [0.2, 0.25) is 5.02 Å². The second-order valence-electron chi connectivity index (χ2n) is 5.86. The number of anilines is 1. The summed E-state index contributed by atoms with van der Waals surface area (Å²) >= 11 is 7.06. The van der Waals surface area contributed by atoms with Crippen LogP contribution in [-0.4, -0.2) is 35.6 Å². The van der Waals surface area contributed by atoms with Gasteiger partial charge in [0.15, 0.2) is 6.61 Å². The SMILES string of the molecule is COc1ccc(NC(=O)COC(=O)c2sc3nc(C)[nH]c(=O)c3c2C)cc1Cl. The minimum Gasteiger partial charge on any atom is -0.495 e. The summed E-state index contributed by atoms with van der Waals surface area (Å²) in [6, 6.07) is 4.74. The first-order chi connectivity index (χ1) is 13.3. The Hall–Kier alpha value is -2.91. The summed E-state index contributed by atoms with van der Waals surface area (Å²) in [4.78, 5) is 44.0. The first kappa shape index (κ1) is 19.8. The maximum atomic E-state index is 12.4. The van der Waals surface area contributed by atoms with Crippen molar-refractivity contribution in [3.63, 3.8) is 0 Å². The summed E-state index contributed by atoms with van der Waals surface area (Å²) in [5.74, 6) is -0.290. The summed E-state index contributed by atoms with van der Waals surface area (Å²) in [5.41, 5.74) is 0.599. The standard InChI is InChI=1S/C18H16ClN3O5S/c1-8-14-16(24)20-9(2)21-17(14)28-15(8)18(25)27-7-13(23)22-10-4-5-12(26-3)11(19)6-10/h4-6H,7H2,1-3H3,(H,22,23)(H,20,21,24). The van der Waals surface area contributed by atoms with Crippen molar-refractivity contribution >= 4 is 50.7 Å². The number of benzene rings is 1. The molecule has 0 aliphatic carbocycles. The van der Waals surface area contributed by atoms with Gasteiger partial charge >= 0.3 is 5.97 Å². The first-order valence-electron chi connectivity index (χ1n) is 8.10. The van der Waals surface area contributed by atoms with Crippen LogP contribution in [0, 0.1) is 13.8 Å². The second-order valence-corrected chi connectivity index (χ2v) is 7.27. The molecule has 0 radical (unpaired) electrons. The number of H-pyrrole nitrogens is 1. The number of nitrogens with one attached hydrogen (secondary N) is 2. The van der Waals surface area contributed by atoms with E-state index in [-0.39, 0.29) is 10.4 Å². The van der Waals surface area contributed by atoms with E-state index < -0.39 is 18.5 Å². The van der Waals surface area contributed by atoms with Gasteiger partial charge in [-0.05, 0) is 37.6 Å². The van der Waals surface area contributed by atoms with Crippen LogP contribution >= 0.6 is 22.9 Å². The Morgan fingerprint density at radius 1 is 1.32 bits per heavy atom. The number of carbonyl (C=O) groups is 2. The lowest BCUT2D eigenvalue weighted by atomic mass is 10.2. The molecule has 10 heteroatoms. The molecule has 2 heterocycles. The van der Waals surface area contributed by atoms with Gasteiger partial charge in [-0.2, -0.15) is 0 Å². The molecule has 0 unspecified atom stereocenters. The Labute approximate surface area is 168 Å². The van der Waals surface area contributed by atoms with Gasteiger partial charge in [-0.15, -0.1) is 11.3 Å². The number of aromatic nitrogens is 2. The van der Waals surface area contributed by atoms with Crippen LogP contribution in [0.25, 0.3) is 10.2 Å². The lowest BCUT2D eigenvalue weighted by Crippen LogP contribution is -2.20. The summed E-state index contributed by atoms with van der Waals surface area (Å²) in [7, 11) is 1.49. The molecule has 8 nitrogen and oxygen atoms in total. The number of aryl methyl sites for hydroxylation is 2. The molecule has 0 saturated carbocycles. The van der Waals surface area contributed by atoms with Crippen molar-refractivity contribution in [3.05, 3.63) is 49.8 Å². The van der Waals surface area contributed by atoms with E-state index in [1.54, 1.807) is 26.0 Å². The lowest BCUT2D eigenvalue weighted by molar-refractivity contribution is -0.119. The zero-order chi connectivity index (χ0) is 20.4. The van der Waals surface area contributed by atoms with E-state index in [2.05, 4.69) is 15.3 Å². The molecule has 146 valence electrons. The van der Waals surface area contributed by atoms with Gasteiger partial charge in [0.2, 0.25) is 0 Å². The summed E-state index contributed by atoms with van der Waals surface area (Å²) in [6.45, 7) is 2.81. The van der Waals surface area contributed by atoms with Crippen molar-refractivity contribution in [2.45, 2.75) is 13.8 Å². The third-order valence-electron chi connectivity index (χ3n) is 3.87. The molecule has 1 aromatic carbocycles. The molecule has 0 fully saturated rings. The molecular formula is C18H16ClN3O5S. The molecule has 0 spiro atoms. The van der Waals surface area contributed by atoms with Crippen LogP contribution in [0.1, 0.15) is 21.1 Å². The smallest absolute Gasteiger partial charge is 0.349 e. The molecule has 3 rings (SSSR count). The fraction of sp³-hybridized carbons (Fsp3) is 0.222. The Morgan fingerprint density at radius 2 is 2.07 bits per heavy atom. The maximum absolute atomic E-state index is 12.4. The van der Waals surface area contributed by atoms with E-state index in [9.17, 15) is 14.4 Å². The molecule has 2 N–H and O–H groups in total. The number of nitrogens with zero attached hydrogens (tertiary/aromatic N) is 1. The highest BCUT2D eigenvalue weighted by Gasteiger charge is 2.21. The fourth-order valence-electron chi connectivity index (χ4n) is 2.58. The van der Waals surface area contributed by atoms with Crippen LogP contribution in [0.4, 0.5) is 5.69 Å². The quantitative estimate of drug-likeness (QED) is 0.612. The van der Waals surface area contributed by atoms with Crippen molar-refractivity contribution in [2.24, 2.45) is 0 Å². The number of esters is 1. The van der Waals surface area contributed by atoms with Gasteiger partial charge in [0.1, 0.15) is 21.3 Å². The number of aromatic amines is 1. The third kappa shape index (κ3) is 4.00. The average Bonchev–Trinajstić information content (AvgIpc) is 2.96. The Bertz CT molecular complexity index is 1140. The summed E-state index contributed by atoms with van der Waals surface area (Å²) in [5, 5.41) is 3.26. The molecule has 28 heavy (non-hydrogen) atoms. The highest BCUT2D eigenvalue weighted by molar-refractivity contribution is 7.20. The Kier molecular flexibility index (Phi) is 5.66. The van der Waals surface area contributed by atoms with Crippen molar-refractivity contribution in [1.29, 1.82) is 0 Å². The van der Waals surface area contributed by atoms with E-state index in [1.165, 1.54) is 13.2 Å². The van der Waals surface area contributed by atoms with E-state index >= 15 is 0 Å². The minimum atomic E-state index is -0.694. The number of methoxy groups -OCH3 is 1. The van der Waals surface area contributed by atoms with Crippen molar-refractivity contribution in [3.8, 4) is 5.75 Å². The number of amides is 1. The third-order valence-corrected chi connectivity index (χ3v) is 5.34. The van der Waals surface area contributed by atoms with E-state index in [0.717, 1.165) is 11.3 Å². The molecule has 3 aromatic rings. The summed E-state index contributed by atoms with van der Waals surface area (Å²) < 4.78 is 10.1. The lowest BCUT2D eigenvalue weighted by Gasteiger charge is -2.08. The van der Waals surface area contributed by atoms with Gasteiger partial charge in [0, 0.05) is 5.69 Å². The largest absolute Gasteiger partial charge is 0.495 e. The van der Waals surface area contributed by atoms with Crippen LogP contribution in [-0.2, 0) is 9.53 Å². The number of carbonyl (C=O) groups excluding carboxylic acids is 2. The number of halogens is 1. The van der Waals surface area contributed by atoms with E-state index in [4.69, 9.17) is 21.1 Å². The molecule has 1 amide bonds. The van der Waals surface area contributed by atoms with Gasteiger partial charge in [0.25, 0.3) is 11.5 Å². The number of fused-ring (bicyclic) bond motifs is 1. The molecule has 0 atom stereocenters. The second kappa shape index (κ2) is 7.99. The van der Waals surface area contributed by atoms with Crippen molar-refractivity contribution in [2.75, 3.05) is 19.0 Å². The summed E-state index contributed by atoms with van der Waals surface area (Å²) in [6.07, 6.45) is 0. The van der Waals surface area contributed by atoms with E-state index in [1.807, 2.05) is 0 Å². The molecule has 2 aromatic heterocycles. The monoisotopic (exact) mass is 421 g/mol. The first-order valence-corrected chi connectivity index (χ1v) is 9.30. The van der Waals surface area contributed by atoms with Gasteiger partial charge in [-0.25, -0.2) is 9.78 Å². The van der Waals surface area contributed by atoms with Crippen LogP contribution in [0.15, 0.2) is 23.0 Å². The van der Waals surface area contributed by atoms with Gasteiger partial charge in [-0.1, -0.05) is 11.6 Å². The topological polar surface area (TPSA) is 110 Å². The molecular weight excluding hydrogens is 406 g/mol. The zero-order valence-corrected chi connectivity index (χ0v) is 16.8. The molecule has 0 aliphatic rings. The highest BCUT2D eigenvalue weighted by Crippen LogP contribution is 2.28. The molecule has 0 saturated heterocycles. The van der Waals surface area contributed by atoms with Crippen molar-refractivity contribution in [1.82, 2.24) is 9.97 Å². The normalized spacial score (nSPS) is 10.7.